The number of pyridine rings is 1. The second kappa shape index (κ2) is 7.35. The zero-order chi connectivity index (χ0) is 19.6. The first-order valence-electron chi connectivity index (χ1n) is 8.92. The number of ether oxygens (including phenoxy) is 1. The molecule has 0 aliphatic carbocycles. The van der Waals surface area contributed by atoms with Crippen LogP contribution in [-0.2, 0) is 16.8 Å². The minimum atomic E-state index is -0.424. The molecule has 0 aliphatic heterocycles. The maximum Gasteiger partial charge on any atom is 0.340 e. The van der Waals surface area contributed by atoms with E-state index < -0.39 is 5.97 Å². The molecule has 5 heteroatoms. The van der Waals surface area contributed by atoms with E-state index in [9.17, 15) is 4.79 Å². The van der Waals surface area contributed by atoms with Crippen molar-refractivity contribution in [1.29, 1.82) is 0 Å². The van der Waals surface area contributed by atoms with Gasteiger partial charge in [0.15, 0.2) is 12.4 Å². The molecule has 0 bridgehead atoms. The van der Waals surface area contributed by atoms with Crippen molar-refractivity contribution < 1.29 is 14.1 Å². The quantitative estimate of drug-likeness (QED) is 0.609. The maximum atomic E-state index is 12.2. The molecule has 0 atom stereocenters. The third-order valence-electron chi connectivity index (χ3n) is 4.40. The molecule has 5 nitrogen and oxygen atoms in total. The first-order valence-corrected chi connectivity index (χ1v) is 8.92. The maximum absolute atomic E-state index is 12.2. The molecule has 0 spiro atoms. The third kappa shape index (κ3) is 4.42. The van der Waals surface area contributed by atoms with Crippen LogP contribution < -0.4 is 0 Å². The van der Waals surface area contributed by atoms with Gasteiger partial charge in [0, 0.05) is 17.3 Å². The van der Waals surface area contributed by atoms with Crippen LogP contribution in [0.5, 0.6) is 0 Å². The van der Waals surface area contributed by atoms with E-state index in [0.717, 1.165) is 17.0 Å². The third-order valence-corrected chi connectivity index (χ3v) is 4.40. The van der Waals surface area contributed by atoms with Crippen molar-refractivity contribution in [3.05, 3.63) is 70.7 Å². The number of carbonyl (C=O) groups excluding carboxylic acids is 1. The fourth-order valence-corrected chi connectivity index (χ4v) is 2.77. The highest BCUT2D eigenvalue weighted by Crippen LogP contribution is 2.26. The highest BCUT2D eigenvalue weighted by atomic mass is 16.5. The molecule has 0 saturated heterocycles. The van der Waals surface area contributed by atoms with E-state index in [-0.39, 0.29) is 12.0 Å². The predicted octanol–water partition coefficient (Wildman–Crippen LogP) is 5.01. The Kier molecular flexibility index (Phi) is 5.13. The number of rotatable bonds is 4. The molecular weight excluding hydrogens is 340 g/mol. The average Bonchev–Trinajstić information content (AvgIpc) is 3.08. The molecular formula is C22H24N2O3. The van der Waals surface area contributed by atoms with Crippen LogP contribution in [0.25, 0.3) is 11.3 Å². The van der Waals surface area contributed by atoms with Gasteiger partial charge < -0.3 is 9.26 Å². The summed E-state index contributed by atoms with van der Waals surface area (Å²) in [6.45, 7) is 10.2. The van der Waals surface area contributed by atoms with Gasteiger partial charge in [-0.15, -0.1) is 0 Å². The van der Waals surface area contributed by atoms with Crippen LogP contribution in [0, 0.1) is 13.8 Å². The minimum Gasteiger partial charge on any atom is -0.454 e. The lowest BCUT2D eigenvalue weighted by molar-refractivity contribution is 0.0436. The van der Waals surface area contributed by atoms with Crippen molar-refractivity contribution in [3.8, 4) is 11.3 Å². The lowest BCUT2D eigenvalue weighted by Gasteiger charge is -2.18. The van der Waals surface area contributed by atoms with E-state index in [1.54, 1.807) is 25.1 Å². The number of nitrogens with zero attached hydrogens (tertiary/aromatic N) is 2. The largest absolute Gasteiger partial charge is 0.454 e. The smallest absolute Gasteiger partial charge is 0.340 e. The van der Waals surface area contributed by atoms with Gasteiger partial charge in [0.05, 0.1) is 11.3 Å². The Morgan fingerprint density at radius 1 is 1.07 bits per heavy atom. The molecule has 2 aromatic heterocycles. The standard InChI is InChI=1S/C22H24N2O3/c1-14-6-11-19(15(2)23-14)21(25)26-13-18-12-20(24-27-18)16-7-9-17(10-8-16)22(3,4)5/h6-12H,13H2,1-5H3. The molecule has 0 aliphatic rings. The van der Waals surface area contributed by atoms with E-state index in [2.05, 4.69) is 43.0 Å². The summed E-state index contributed by atoms with van der Waals surface area (Å²) in [7, 11) is 0. The van der Waals surface area contributed by atoms with Gasteiger partial charge in [0.1, 0.15) is 5.69 Å². The average molecular weight is 364 g/mol. The summed E-state index contributed by atoms with van der Waals surface area (Å²) in [6.07, 6.45) is 0. The molecule has 0 fully saturated rings. The van der Waals surface area contributed by atoms with Gasteiger partial charge in [-0.2, -0.15) is 0 Å². The van der Waals surface area contributed by atoms with Crippen molar-refractivity contribution in [2.75, 3.05) is 0 Å². The van der Waals surface area contributed by atoms with Crippen molar-refractivity contribution in [2.24, 2.45) is 0 Å². The second-order valence-electron chi connectivity index (χ2n) is 7.67. The van der Waals surface area contributed by atoms with Crippen LogP contribution in [0.1, 0.15) is 53.8 Å². The molecule has 1 aromatic carbocycles. The fourth-order valence-electron chi connectivity index (χ4n) is 2.77. The monoisotopic (exact) mass is 364 g/mol. The SMILES string of the molecule is Cc1ccc(C(=O)OCc2cc(-c3ccc(C(C)(C)C)cc3)no2)c(C)n1. The van der Waals surface area contributed by atoms with E-state index in [1.807, 2.05) is 19.1 Å². The van der Waals surface area contributed by atoms with Crippen LogP contribution in [0.15, 0.2) is 47.0 Å². The molecule has 27 heavy (non-hydrogen) atoms. The molecule has 0 N–H and O–H groups in total. The minimum absolute atomic E-state index is 0.0270. The van der Waals surface area contributed by atoms with Gasteiger partial charge in [-0.3, -0.25) is 4.98 Å². The molecule has 140 valence electrons. The summed E-state index contributed by atoms with van der Waals surface area (Å²) in [5.74, 6) is 0.0726. The summed E-state index contributed by atoms with van der Waals surface area (Å²) >= 11 is 0. The van der Waals surface area contributed by atoms with Crippen LogP contribution in [0.2, 0.25) is 0 Å². The number of hydrogen-bond acceptors (Lipinski definition) is 5. The lowest BCUT2D eigenvalue weighted by atomic mass is 9.86. The number of hydrogen-bond donors (Lipinski definition) is 0. The summed E-state index contributed by atoms with van der Waals surface area (Å²) in [6, 6.07) is 13.5. The fraction of sp³-hybridized carbons (Fsp3) is 0.318. The van der Waals surface area contributed by atoms with Gasteiger partial charge in [-0.1, -0.05) is 50.2 Å². The van der Waals surface area contributed by atoms with Crippen LogP contribution >= 0.6 is 0 Å². The van der Waals surface area contributed by atoms with Crippen LogP contribution in [0.3, 0.4) is 0 Å². The Hall–Kier alpha value is -2.95. The van der Waals surface area contributed by atoms with E-state index in [4.69, 9.17) is 9.26 Å². The molecule has 0 saturated carbocycles. The van der Waals surface area contributed by atoms with E-state index in [0.29, 0.717) is 17.0 Å². The molecule has 3 aromatic rings. The summed E-state index contributed by atoms with van der Waals surface area (Å²) in [5.41, 5.74) is 5.00. The molecule has 0 unspecified atom stereocenters. The number of esters is 1. The van der Waals surface area contributed by atoms with Gasteiger partial charge >= 0.3 is 5.97 Å². The molecule has 3 rings (SSSR count). The van der Waals surface area contributed by atoms with Crippen molar-refractivity contribution >= 4 is 5.97 Å². The summed E-state index contributed by atoms with van der Waals surface area (Å²) < 4.78 is 10.6. The van der Waals surface area contributed by atoms with E-state index >= 15 is 0 Å². The summed E-state index contributed by atoms with van der Waals surface area (Å²) in [4.78, 5) is 16.5. The van der Waals surface area contributed by atoms with Crippen LogP contribution in [0.4, 0.5) is 0 Å². The van der Waals surface area contributed by atoms with Gasteiger partial charge in [0.25, 0.3) is 0 Å². The van der Waals surface area contributed by atoms with Crippen LogP contribution in [-0.4, -0.2) is 16.1 Å². The lowest BCUT2D eigenvalue weighted by Crippen LogP contribution is -2.10. The molecule has 0 amide bonds. The Morgan fingerprint density at radius 3 is 2.41 bits per heavy atom. The normalized spacial score (nSPS) is 11.4. The van der Waals surface area contributed by atoms with Crippen molar-refractivity contribution in [1.82, 2.24) is 10.1 Å². The molecule has 2 heterocycles. The Labute approximate surface area is 159 Å². The number of aromatic nitrogens is 2. The molecule has 0 radical (unpaired) electrons. The first-order chi connectivity index (χ1) is 12.7. The number of aryl methyl sites for hydroxylation is 2. The highest BCUT2D eigenvalue weighted by molar-refractivity contribution is 5.90. The highest BCUT2D eigenvalue weighted by Gasteiger charge is 2.16. The number of carbonyl (C=O) groups is 1. The van der Waals surface area contributed by atoms with E-state index in [1.165, 1.54) is 5.56 Å². The zero-order valence-corrected chi connectivity index (χ0v) is 16.4. The van der Waals surface area contributed by atoms with Gasteiger partial charge in [0.2, 0.25) is 0 Å². The second-order valence-corrected chi connectivity index (χ2v) is 7.67. The first kappa shape index (κ1) is 18.8. The Morgan fingerprint density at radius 2 is 1.78 bits per heavy atom. The van der Waals surface area contributed by atoms with Crippen molar-refractivity contribution in [2.45, 2.75) is 46.6 Å². The van der Waals surface area contributed by atoms with Crippen molar-refractivity contribution in [3.63, 3.8) is 0 Å². The van der Waals surface area contributed by atoms with Gasteiger partial charge in [-0.25, -0.2) is 4.79 Å². The van der Waals surface area contributed by atoms with Gasteiger partial charge in [-0.05, 0) is 37.0 Å². The number of benzene rings is 1. The Balaban J connectivity index is 1.66. The zero-order valence-electron chi connectivity index (χ0n) is 16.4. The summed E-state index contributed by atoms with van der Waals surface area (Å²) in [5, 5.41) is 4.08. The predicted molar refractivity (Wildman–Crippen MR) is 103 cm³/mol. The Bertz CT molecular complexity index is 950. The topological polar surface area (TPSA) is 65.2 Å².